The molecule has 0 aliphatic carbocycles. The third-order valence-electron chi connectivity index (χ3n) is 5.38. The van der Waals surface area contributed by atoms with E-state index in [0.717, 1.165) is 23.2 Å². The fourth-order valence-electron chi connectivity index (χ4n) is 3.96. The molecule has 1 atom stereocenters. The van der Waals surface area contributed by atoms with Crippen molar-refractivity contribution in [3.8, 4) is 0 Å². The highest BCUT2D eigenvalue weighted by Gasteiger charge is 2.34. The van der Waals surface area contributed by atoms with Crippen LogP contribution in [0, 0.1) is 6.92 Å². The lowest BCUT2D eigenvalue weighted by Crippen LogP contribution is -2.45. The number of benzene rings is 3. The van der Waals surface area contributed by atoms with Gasteiger partial charge in [0.2, 0.25) is 5.91 Å². The highest BCUT2D eigenvalue weighted by molar-refractivity contribution is 7.92. The number of anilines is 2. The third kappa shape index (κ3) is 3.71. The lowest BCUT2D eigenvalue weighted by Gasteiger charge is -2.29. The zero-order valence-electron chi connectivity index (χ0n) is 17.0. The molecule has 0 bridgehead atoms. The van der Waals surface area contributed by atoms with Crippen LogP contribution in [-0.4, -0.2) is 26.9 Å². The van der Waals surface area contributed by atoms with Crippen LogP contribution in [0.15, 0.2) is 83.8 Å². The zero-order chi connectivity index (χ0) is 21.3. The molecule has 6 heteroatoms. The van der Waals surface area contributed by atoms with Gasteiger partial charge in [-0.15, -0.1) is 0 Å². The van der Waals surface area contributed by atoms with E-state index in [1.54, 1.807) is 53.4 Å². The Bertz CT molecular complexity index is 1180. The number of hydrogen-bond acceptors (Lipinski definition) is 3. The highest BCUT2D eigenvalue weighted by Crippen LogP contribution is 2.33. The van der Waals surface area contributed by atoms with Gasteiger partial charge in [-0.25, -0.2) is 8.42 Å². The molecule has 30 heavy (non-hydrogen) atoms. The van der Waals surface area contributed by atoms with Gasteiger partial charge in [-0.3, -0.25) is 9.10 Å². The van der Waals surface area contributed by atoms with Crippen molar-refractivity contribution < 1.29 is 13.2 Å². The predicted molar refractivity (Wildman–Crippen MR) is 119 cm³/mol. The fourth-order valence-corrected chi connectivity index (χ4v) is 5.39. The van der Waals surface area contributed by atoms with E-state index in [2.05, 4.69) is 0 Å². The normalized spacial score (nSPS) is 15.7. The first-order valence-corrected chi connectivity index (χ1v) is 11.4. The fraction of sp³-hybridized carbons (Fsp3) is 0.208. The van der Waals surface area contributed by atoms with Crippen molar-refractivity contribution in [1.82, 2.24) is 0 Å². The van der Waals surface area contributed by atoms with Gasteiger partial charge >= 0.3 is 0 Å². The molecule has 4 rings (SSSR count). The van der Waals surface area contributed by atoms with Crippen molar-refractivity contribution >= 4 is 27.3 Å². The Morgan fingerprint density at radius 1 is 1.00 bits per heavy atom. The standard InChI is InChI=1S/C24H24N2O3S/c1-18-9-8-11-21(15-18)25(30(28,29)22-12-4-3-5-13-22)17-24(27)26-19(2)16-20-10-6-7-14-23(20)26/h3-15,19H,16-17H2,1-2H3/t19-/m1/s1. The van der Waals surface area contributed by atoms with Gasteiger partial charge in [0, 0.05) is 11.7 Å². The molecule has 0 saturated heterocycles. The van der Waals surface area contributed by atoms with Gasteiger partial charge in [0.05, 0.1) is 10.6 Å². The number of para-hydroxylation sites is 1. The van der Waals surface area contributed by atoms with E-state index in [-0.39, 0.29) is 23.4 Å². The van der Waals surface area contributed by atoms with E-state index in [0.29, 0.717) is 5.69 Å². The summed E-state index contributed by atoms with van der Waals surface area (Å²) in [6, 6.07) is 23.2. The second kappa shape index (κ2) is 7.95. The first kappa shape index (κ1) is 20.2. The minimum Gasteiger partial charge on any atom is -0.307 e. The number of nitrogens with zero attached hydrogens (tertiary/aromatic N) is 2. The molecule has 0 radical (unpaired) electrons. The molecule has 0 N–H and O–H groups in total. The summed E-state index contributed by atoms with van der Waals surface area (Å²) in [5.41, 5.74) is 3.36. The smallest absolute Gasteiger partial charge is 0.264 e. The number of fused-ring (bicyclic) bond motifs is 1. The molecular weight excluding hydrogens is 396 g/mol. The van der Waals surface area contributed by atoms with Crippen LogP contribution in [0.4, 0.5) is 11.4 Å². The van der Waals surface area contributed by atoms with Gasteiger partial charge < -0.3 is 4.90 Å². The monoisotopic (exact) mass is 420 g/mol. The molecule has 1 amide bonds. The molecule has 0 aromatic heterocycles. The predicted octanol–water partition coefficient (Wildman–Crippen LogP) is 4.17. The van der Waals surface area contributed by atoms with Crippen LogP contribution in [0.2, 0.25) is 0 Å². The summed E-state index contributed by atoms with van der Waals surface area (Å²) in [7, 11) is -3.90. The Hall–Kier alpha value is -3.12. The average molecular weight is 421 g/mol. The first-order chi connectivity index (χ1) is 14.4. The first-order valence-electron chi connectivity index (χ1n) is 9.92. The lowest BCUT2D eigenvalue weighted by atomic mass is 10.1. The molecule has 1 aliphatic heterocycles. The topological polar surface area (TPSA) is 57.7 Å². The second-order valence-corrected chi connectivity index (χ2v) is 9.47. The zero-order valence-corrected chi connectivity index (χ0v) is 17.8. The largest absolute Gasteiger partial charge is 0.307 e. The maximum atomic E-state index is 13.5. The highest BCUT2D eigenvalue weighted by atomic mass is 32.2. The Morgan fingerprint density at radius 2 is 1.70 bits per heavy atom. The molecule has 1 aliphatic rings. The minimum absolute atomic E-state index is 0.0197. The van der Waals surface area contributed by atoms with Gasteiger partial charge in [-0.05, 0) is 61.7 Å². The minimum atomic E-state index is -3.90. The number of amides is 1. The van der Waals surface area contributed by atoms with Crippen LogP contribution >= 0.6 is 0 Å². The summed E-state index contributed by atoms with van der Waals surface area (Å²) in [6.45, 7) is 3.62. The number of aryl methyl sites for hydroxylation is 1. The Labute approximate surface area is 177 Å². The number of carbonyl (C=O) groups is 1. The van der Waals surface area contributed by atoms with Gasteiger partial charge in [-0.1, -0.05) is 48.5 Å². The van der Waals surface area contributed by atoms with Crippen molar-refractivity contribution in [3.63, 3.8) is 0 Å². The van der Waals surface area contributed by atoms with E-state index in [4.69, 9.17) is 0 Å². The number of hydrogen-bond donors (Lipinski definition) is 0. The van der Waals surface area contributed by atoms with Crippen molar-refractivity contribution in [2.45, 2.75) is 31.2 Å². The maximum Gasteiger partial charge on any atom is 0.264 e. The van der Waals surface area contributed by atoms with E-state index in [9.17, 15) is 13.2 Å². The SMILES string of the molecule is Cc1cccc(N(CC(=O)N2c3ccccc3C[C@H]2C)S(=O)(=O)c2ccccc2)c1. The van der Waals surface area contributed by atoms with Crippen molar-refractivity contribution in [2.75, 3.05) is 15.7 Å². The van der Waals surface area contributed by atoms with Crippen LogP contribution in [-0.2, 0) is 21.2 Å². The summed E-state index contributed by atoms with van der Waals surface area (Å²) in [6.07, 6.45) is 0.762. The van der Waals surface area contributed by atoms with E-state index < -0.39 is 10.0 Å². The average Bonchev–Trinajstić information content (AvgIpc) is 3.08. The van der Waals surface area contributed by atoms with Gasteiger partial charge in [0.1, 0.15) is 6.54 Å². The molecular formula is C24H24N2O3S. The lowest BCUT2D eigenvalue weighted by molar-refractivity contribution is -0.117. The van der Waals surface area contributed by atoms with Gasteiger partial charge in [-0.2, -0.15) is 0 Å². The Morgan fingerprint density at radius 3 is 2.43 bits per heavy atom. The summed E-state index contributed by atoms with van der Waals surface area (Å²) >= 11 is 0. The summed E-state index contributed by atoms with van der Waals surface area (Å²) in [5.74, 6) is -0.242. The molecule has 0 unspecified atom stereocenters. The Kier molecular flexibility index (Phi) is 5.35. The summed E-state index contributed by atoms with van der Waals surface area (Å²) < 4.78 is 28.2. The molecule has 5 nitrogen and oxygen atoms in total. The molecule has 154 valence electrons. The van der Waals surface area contributed by atoms with Crippen molar-refractivity contribution in [3.05, 3.63) is 90.0 Å². The molecule has 1 heterocycles. The van der Waals surface area contributed by atoms with E-state index in [1.807, 2.05) is 44.2 Å². The molecule has 3 aromatic carbocycles. The third-order valence-corrected chi connectivity index (χ3v) is 7.16. The van der Waals surface area contributed by atoms with Crippen molar-refractivity contribution in [1.29, 1.82) is 0 Å². The number of sulfonamides is 1. The molecule has 0 spiro atoms. The molecule has 3 aromatic rings. The van der Waals surface area contributed by atoms with Gasteiger partial charge in [0.25, 0.3) is 10.0 Å². The van der Waals surface area contributed by atoms with E-state index >= 15 is 0 Å². The molecule has 0 fully saturated rings. The van der Waals surface area contributed by atoms with Crippen LogP contribution in [0.1, 0.15) is 18.1 Å². The van der Waals surface area contributed by atoms with Crippen LogP contribution in [0.25, 0.3) is 0 Å². The van der Waals surface area contributed by atoms with Crippen LogP contribution in [0.5, 0.6) is 0 Å². The van der Waals surface area contributed by atoms with Gasteiger partial charge in [0.15, 0.2) is 0 Å². The van der Waals surface area contributed by atoms with E-state index in [1.165, 1.54) is 4.31 Å². The summed E-state index contributed by atoms with van der Waals surface area (Å²) in [4.78, 5) is 15.3. The summed E-state index contributed by atoms with van der Waals surface area (Å²) in [5, 5.41) is 0. The number of rotatable bonds is 5. The maximum absolute atomic E-state index is 13.5. The van der Waals surface area contributed by atoms with Crippen molar-refractivity contribution in [2.24, 2.45) is 0 Å². The quantitative estimate of drug-likeness (QED) is 0.623. The second-order valence-electron chi connectivity index (χ2n) is 7.61. The van der Waals surface area contributed by atoms with Crippen LogP contribution in [0.3, 0.4) is 0 Å². The molecule has 0 saturated carbocycles. The Balaban J connectivity index is 1.73. The number of carbonyl (C=O) groups excluding carboxylic acids is 1. The van der Waals surface area contributed by atoms with Crippen LogP contribution < -0.4 is 9.21 Å².